The standard InChI is InChI=1S/C20H22FNO3/c1-2-24-20(23)16-12-18(21)19(22-13-16)25-17-10-8-15(9-11-17)14-6-4-3-5-7-14/h8-14H,2-7H2,1H3. The highest BCUT2D eigenvalue weighted by Crippen LogP contribution is 2.33. The topological polar surface area (TPSA) is 48.4 Å². The quantitative estimate of drug-likeness (QED) is 0.697. The van der Waals surface area contributed by atoms with E-state index in [2.05, 4.69) is 4.98 Å². The van der Waals surface area contributed by atoms with Crippen molar-refractivity contribution in [2.45, 2.75) is 44.9 Å². The minimum Gasteiger partial charge on any atom is -0.462 e. The van der Waals surface area contributed by atoms with Gasteiger partial charge in [0, 0.05) is 6.20 Å². The van der Waals surface area contributed by atoms with Crippen LogP contribution in [-0.4, -0.2) is 17.6 Å². The van der Waals surface area contributed by atoms with Gasteiger partial charge in [-0.3, -0.25) is 0 Å². The molecule has 1 fully saturated rings. The van der Waals surface area contributed by atoms with Crippen LogP contribution in [-0.2, 0) is 4.74 Å². The third-order valence-electron chi connectivity index (χ3n) is 4.49. The number of aromatic nitrogens is 1. The fourth-order valence-corrected chi connectivity index (χ4v) is 3.18. The number of esters is 1. The van der Waals surface area contributed by atoms with E-state index in [1.54, 1.807) is 6.92 Å². The van der Waals surface area contributed by atoms with Crippen molar-refractivity contribution >= 4 is 5.97 Å². The molecule has 1 aromatic carbocycles. The van der Waals surface area contributed by atoms with E-state index in [1.807, 2.05) is 24.3 Å². The molecule has 0 bridgehead atoms. The number of benzene rings is 1. The van der Waals surface area contributed by atoms with Crippen LogP contribution in [0.5, 0.6) is 11.6 Å². The summed E-state index contributed by atoms with van der Waals surface area (Å²) in [6.45, 7) is 1.92. The van der Waals surface area contributed by atoms with Gasteiger partial charge in [-0.05, 0) is 49.4 Å². The van der Waals surface area contributed by atoms with E-state index >= 15 is 0 Å². The molecule has 0 saturated heterocycles. The average Bonchev–Trinajstić information content (AvgIpc) is 2.65. The Morgan fingerprint density at radius 2 is 1.92 bits per heavy atom. The van der Waals surface area contributed by atoms with Crippen molar-refractivity contribution in [1.29, 1.82) is 0 Å². The Morgan fingerprint density at radius 3 is 2.56 bits per heavy atom. The van der Waals surface area contributed by atoms with Gasteiger partial charge < -0.3 is 9.47 Å². The maximum absolute atomic E-state index is 14.1. The van der Waals surface area contributed by atoms with Gasteiger partial charge in [0.1, 0.15) is 5.75 Å². The van der Waals surface area contributed by atoms with E-state index in [4.69, 9.17) is 9.47 Å². The molecule has 3 rings (SSSR count). The number of halogens is 1. The van der Waals surface area contributed by atoms with Gasteiger partial charge in [-0.15, -0.1) is 0 Å². The van der Waals surface area contributed by atoms with Crippen molar-refractivity contribution < 1.29 is 18.7 Å². The summed E-state index contributed by atoms with van der Waals surface area (Å²) in [5.41, 5.74) is 1.37. The lowest BCUT2D eigenvalue weighted by molar-refractivity contribution is 0.0525. The zero-order valence-corrected chi connectivity index (χ0v) is 14.3. The lowest BCUT2D eigenvalue weighted by Crippen LogP contribution is -2.06. The highest BCUT2D eigenvalue weighted by molar-refractivity contribution is 5.89. The molecule has 1 saturated carbocycles. The largest absolute Gasteiger partial charge is 0.462 e. The van der Waals surface area contributed by atoms with Crippen molar-refractivity contribution in [3.63, 3.8) is 0 Å². The van der Waals surface area contributed by atoms with Gasteiger partial charge in [-0.1, -0.05) is 31.4 Å². The number of hydrogen-bond acceptors (Lipinski definition) is 4. The molecule has 0 amide bonds. The number of nitrogens with zero attached hydrogens (tertiary/aromatic N) is 1. The number of rotatable bonds is 5. The van der Waals surface area contributed by atoms with Crippen LogP contribution in [0.2, 0.25) is 0 Å². The second-order valence-electron chi connectivity index (χ2n) is 6.24. The fraction of sp³-hybridized carbons (Fsp3) is 0.400. The summed E-state index contributed by atoms with van der Waals surface area (Å²) >= 11 is 0. The van der Waals surface area contributed by atoms with Gasteiger partial charge in [-0.25, -0.2) is 14.2 Å². The Morgan fingerprint density at radius 1 is 1.20 bits per heavy atom. The van der Waals surface area contributed by atoms with Gasteiger partial charge in [0.05, 0.1) is 12.2 Å². The van der Waals surface area contributed by atoms with Crippen LogP contribution >= 0.6 is 0 Å². The fourth-order valence-electron chi connectivity index (χ4n) is 3.18. The molecule has 1 aliphatic carbocycles. The second-order valence-corrected chi connectivity index (χ2v) is 6.24. The summed E-state index contributed by atoms with van der Waals surface area (Å²) in [6, 6.07) is 8.83. The van der Waals surface area contributed by atoms with Gasteiger partial charge in [0.25, 0.3) is 5.88 Å². The molecule has 0 radical (unpaired) electrons. The first-order chi connectivity index (χ1) is 12.2. The molecule has 5 heteroatoms. The minimum absolute atomic E-state index is 0.0688. The summed E-state index contributed by atoms with van der Waals surface area (Å²) in [5, 5.41) is 0. The Labute approximate surface area is 147 Å². The monoisotopic (exact) mass is 343 g/mol. The minimum atomic E-state index is -0.693. The lowest BCUT2D eigenvalue weighted by atomic mass is 9.84. The smallest absolute Gasteiger partial charge is 0.339 e. The van der Waals surface area contributed by atoms with Crippen LogP contribution in [0, 0.1) is 5.82 Å². The van der Waals surface area contributed by atoms with Crippen molar-refractivity contribution in [2.24, 2.45) is 0 Å². The second kappa shape index (κ2) is 8.10. The van der Waals surface area contributed by atoms with E-state index in [1.165, 1.54) is 43.9 Å². The van der Waals surface area contributed by atoms with E-state index in [9.17, 15) is 9.18 Å². The summed E-state index contributed by atoms with van der Waals surface area (Å²) in [5.74, 6) is -0.311. The van der Waals surface area contributed by atoms with E-state index in [0.717, 1.165) is 6.07 Å². The highest BCUT2D eigenvalue weighted by Gasteiger charge is 2.16. The molecule has 25 heavy (non-hydrogen) atoms. The SMILES string of the molecule is CCOC(=O)c1cnc(Oc2ccc(C3CCCCC3)cc2)c(F)c1. The van der Waals surface area contributed by atoms with Gasteiger partial charge in [0.2, 0.25) is 0 Å². The molecular formula is C20H22FNO3. The lowest BCUT2D eigenvalue weighted by Gasteiger charge is -2.22. The molecule has 2 aromatic rings. The Balaban J connectivity index is 1.68. The van der Waals surface area contributed by atoms with E-state index < -0.39 is 11.8 Å². The molecular weight excluding hydrogens is 321 g/mol. The normalized spacial score (nSPS) is 15.0. The first-order valence-corrected chi connectivity index (χ1v) is 8.78. The zero-order chi connectivity index (χ0) is 17.6. The van der Waals surface area contributed by atoms with Crippen LogP contribution in [0.3, 0.4) is 0 Å². The van der Waals surface area contributed by atoms with Crippen LogP contribution in [0.4, 0.5) is 4.39 Å². The predicted octanol–water partition coefficient (Wildman–Crippen LogP) is 5.24. The predicted molar refractivity (Wildman–Crippen MR) is 92.5 cm³/mol. The molecule has 0 aliphatic heterocycles. The first kappa shape index (κ1) is 17.4. The molecule has 132 valence electrons. The van der Waals surface area contributed by atoms with Crippen molar-refractivity contribution in [3.8, 4) is 11.6 Å². The molecule has 0 unspecified atom stereocenters. The summed E-state index contributed by atoms with van der Waals surface area (Å²) in [4.78, 5) is 15.5. The molecule has 0 atom stereocenters. The van der Waals surface area contributed by atoms with Gasteiger partial charge >= 0.3 is 5.97 Å². The molecule has 0 spiro atoms. The summed E-state index contributed by atoms with van der Waals surface area (Å²) in [7, 11) is 0. The van der Waals surface area contributed by atoms with Crippen molar-refractivity contribution in [2.75, 3.05) is 6.61 Å². The molecule has 1 aromatic heterocycles. The zero-order valence-electron chi connectivity index (χ0n) is 14.3. The summed E-state index contributed by atoms with van der Waals surface area (Å²) < 4.78 is 24.4. The van der Waals surface area contributed by atoms with E-state index in [0.29, 0.717) is 11.7 Å². The number of ether oxygens (including phenoxy) is 2. The Hall–Kier alpha value is -2.43. The average molecular weight is 343 g/mol. The van der Waals surface area contributed by atoms with Gasteiger partial charge in [-0.2, -0.15) is 0 Å². The van der Waals surface area contributed by atoms with Crippen LogP contribution in [0.25, 0.3) is 0 Å². The molecule has 0 N–H and O–H groups in total. The number of hydrogen-bond donors (Lipinski definition) is 0. The Kier molecular flexibility index (Phi) is 5.64. The third-order valence-corrected chi connectivity index (χ3v) is 4.49. The summed E-state index contributed by atoms with van der Waals surface area (Å²) in [6.07, 6.45) is 7.60. The van der Waals surface area contributed by atoms with Gasteiger partial charge in [0.15, 0.2) is 5.82 Å². The van der Waals surface area contributed by atoms with Crippen molar-refractivity contribution in [3.05, 3.63) is 53.5 Å². The van der Waals surface area contributed by atoms with E-state index in [-0.39, 0.29) is 18.1 Å². The maximum Gasteiger partial charge on any atom is 0.339 e. The van der Waals surface area contributed by atoms with Crippen LogP contribution in [0.1, 0.15) is 60.9 Å². The highest BCUT2D eigenvalue weighted by atomic mass is 19.1. The van der Waals surface area contributed by atoms with Crippen molar-refractivity contribution in [1.82, 2.24) is 4.98 Å². The number of pyridine rings is 1. The molecule has 4 nitrogen and oxygen atoms in total. The number of carbonyl (C=O) groups excluding carboxylic acids is 1. The van der Waals surface area contributed by atoms with Crippen LogP contribution < -0.4 is 4.74 Å². The van der Waals surface area contributed by atoms with Crippen LogP contribution in [0.15, 0.2) is 36.5 Å². The maximum atomic E-state index is 14.1. The molecule has 1 heterocycles. The third kappa shape index (κ3) is 4.35. The molecule has 1 aliphatic rings. The number of carbonyl (C=O) groups is 1. The Bertz CT molecular complexity index is 724. The first-order valence-electron chi connectivity index (χ1n) is 8.78.